The highest BCUT2D eigenvalue weighted by Crippen LogP contribution is 2.29. The smallest absolute Gasteiger partial charge is 0.151 e. The predicted molar refractivity (Wildman–Crippen MR) is 70.4 cm³/mol. The Morgan fingerprint density at radius 3 is 3.06 bits per heavy atom. The maximum absolute atomic E-state index is 4.57. The lowest BCUT2D eigenvalue weighted by Crippen LogP contribution is -2.00. The van der Waals surface area contributed by atoms with Crippen LogP contribution < -0.4 is 0 Å². The molecule has 86 valence electrons. The molecule has 3 aromatic rings. The maximum atomic E-state index is 4.57. The molecule has 2 aromatic heterocycles. The number of benzene rings is 1. The minimum Gasteiger partial charge on any atom is -0.252 e. The van der Waals surface area contributed by atoms with Crippen LogP contribution in [0.1, 0.15) is 0 Å². The molecule has 0 atom stereocenters. The van der Waals surface area contributed by atoms with Crippen molar-refractivity contribution in [3.63, 3.8) is 0 Å². The summed E-state index contributed by atoms with van der Waals surface area (Å²) in [5.41, 5.74) is 1.08. The third-order valence-corrected chi connectivity index (χ3v) is 4.45. The first-order chi connectivity index (χ1) is 8.42. The molecule has 0 bridgehead atoms. The molecule has 0 amide bonds. The molecule has 0 spiro atoms. The van der Waals surface area contributed by atoms with Crippen molar-refractivity contribution in [1.82, 2.24) is 19.7 Å². The molecule has 6 heteroatoms. The van der Waals surface area contributed by atoms with Gasteiger partial charge < -0.3 is 0 Å². The highest BCUT2D eigenvalue weighted by Gasteiger charge is 2.03. The Balaban J connectivity index is 1.65. The molecule has 0 aliphatic heterocycles. The Kier molecular flexibility index (Phi) is 3.06. The van der Waals surface area contributed by atoms with Crippen molar-refractivity contribution in [3.8, 4) is 0 Å². The summed E-state index contributed by atoms with van der Waals surface area (Å²) in [5, 5.41) is 4.07. The average Bonchev–Trinajstić information content (AvgIpc) is 2.96. The van der Waals surface area contributed by atoms with Gasteiger partial charge in [0.15, 0.2) is 4.34 Å². The standard InChI is InChI=1S/C11H10N4S2/c1-2-4-10-9(3-1)14-11(17-10)16-6-5-15-8-12-7-13-15/h1-4,7-8H,5-6H2. The monoisotopic (exact) mass is 262 g/mol. The van der Waals surface area contributed by atoms with Crippen LogP contribution in [-0.4, -0.2) is 25.5 Å². The van der Waals surface area contributed by atoms with E-state index in [1.54, 1.807) is 35.8 Å². The molecule has 0 radical (unpaired) electrons. The van der Waals surface area contributed by atoms with Gasteiger partial charge in [0.2, 0.25) is 0 Å². The van der Waals surface area contributed by atoms with Gasteiger partial charge in [-0.2, -0.15) is 5.10 Å². The fraction of sp³-hybridized carbons (Fsp3) is 0.182. The second-order valence-electron chi connectivity index (χ2n) is 3.45. The number of aryl methyl sites for hydroxylation is 1. The van der Waals surface area contributed by atoms with Crippen LogP contribution in [0.5, 0.6) is 0 Å². The molecule has 4 nitrogen and oxygen atoms in total. The molecule has 0 aliphatic rings. The van der Waals surface area contributed by atoms with Gasteiger partial charge in [0, 0.05) is 5.75 Å². The number of rotatable bonds is 4. The van der Waals surface area contributed by atoms with E-state index in [2.05, 4.69) is 21.1 Å². The molecule has 0 saturated heterocycles. The number of aromatic nitrogens is 4. The number of nitrogens with zero attached hydrogens (tertiary/aromatic N) is 4. The number of hydrogen-bond acceptors (Lipinski definition) is 5. The van der Waals surface area contributed by atoms with Gasteiger partial charge in [0.1, 0.15) is 12.7 Å². The van der Waals surface area contributed by atoms with Crippen LogP contribution in [0.4, 0.5) is 0 Å². The SMILES string of the molecule is c1ccc2sc(SCCn3cncn3)nc2c1. The van der Waals surface area contributed by atoms with E-state index >= 15 is 0 Å². The first-order valence-electron chi connectivity index (χ1n) is 5.22. The lowest BCUT2D eigenvalue weighted by molar-refractivity contribution is 0.664. The summed E-state index contributed by atoms with van der Waals surface area (Å²) in [7, 11) is 0. The second kappa shape index (κ2) is 4.85. The van der Waals surface area contributed by atoms with Crippen molar-refractivity contribution in [2.75, 3.05) is 5.75 Å². The van der Waals surface area contributed by atoms with Crippen molar-refractivity contribution in [2.24, 2.45) is 0 Å². The summed E-state index contributed by atoms with van der Waals surface area (Å²) in [6, 6.07) is 8.22. The van der Waals surface area contributed by atoms with Gasteiger partial charge in [0.05, 0.1) is 16.8 Å². The van der Waals surface area contributed by atoms with Gasteiger partial charge in [-0.25, -0.2) is 9.97 Å². The topological polar surface area (TPSA) is 43.6 Å². The highest BCUT2D eigenvalue weighted by atomic mass is 32.2. The third kappa shape index (κ3) is 2.48. The predicted octanol–water partition coefficient (Wildman–Crippen LogP) is 2.68. The van der Waals surface area contributed by atoms with Crippen LogP contribution >= 0.6 is 23.1 Å². The molecule has 2 heterocycles. The quantitative estimate of drug-likeness (QED) is 0.678. The number of para-hydroxylation sites is 1. The molecular formula is C11H10N4S2. The fourth-order valence-electron chi connectivity index (χ4n) is 1.49. The summed E-state index contributed by atoms with van der Waals surface area (Å²) < 4.78 is 4.20. The lowest BCUT2D eigenvalue weighted by Gasteiger charge is -1.97. The Labute approximate surface area is 107 Å². The van der Waals surface area contributed by atoms with E-state index in [1.807, 2.05) is 22.9 Å². The second-order valence-corrected chi connectivity index (χ2v) is 5.83. The Morgan fingerprint density at radius 1 is 1.29 bits per heavy atom. The van der Waals surface area contributed by atoms with Gasteiger partial charge >= 0.3 is 0 Å². The summed E-state index contributed by atoms with van der Waals surface area (Å²) in [5.74, 6) is 0.961. The first-order valence-corrected chi connectivity index (χ1v) is 7.03. The zero-order valence-corrected chi connectivity index (χ0v) is 10.6. The average molecular weight is 262 g/mol. The summed E-state index contributed by atoms with van der Waals surface area (Å²) in [4.78, 5) is 8.48. The summed E-state index contributed by atoms with van der Waals surface area (Å²) >= 11 is 3.50. The van der Waals surface area contributed by atoms with E-state index < -0.39 is 0 Å². The molecule has 17 heavy (non-hydrogen) atoms. The van der Waals surface area contributed by atoms with Crippen molar-refractivity contribution >= 4 is 33.3 Å². The minimum atomic E-state index is 0.862. The molecule has 0 N–H and O–H groups in total. The Morgan fingerprint density at radius 2 is 2.24 bits per heavy atom. The zero-order valence-electron chi connectivity index (χ0n) is 8.98. The van der Waals surface area contributed by atoms with E-state index in [9.17, 15) is 0 Å². The molecule has 0 saturated carbocycles. The van der Waals surface area contributed by atoms with E-state index in [-0.39, 0.29) is 0 Å². The van der Waals surface area contributed by atoms with Crippen LogP contribution in [0.25, 0.3) is 10.2 Å². The van der Waals surface area contributed by atoms with Crippen LogP contribution in [0.15, 0.2) is 41.3 Å². The summed E-state index contributed by atoms with van der Waals surface area (Å²) in [6.45, 7) is 0.862. The van der Waals surface area contributed by atoms with Crippen LogP contribution in [0.3, 0.4) is 0 Å². The normalized spacial score (nSPS) is 11.1. The molecule has 0 unspecified atom stereocenters. The number of fused-ring (bicyclic) bond motifs is 1. The van der Waals surface area contributed by atoms with E-state index in [1.165, 1.54) is 4.70 Å². The highest BCUT2D eigenvalue weighted by molar-refractivity contribution is 8.01. The number of hydrogen-bond donors (Lipinski definition) is 0. The van der Waals surface area contributed by atoms with Crippen molar-refractivity contribution < 1.29 is 0 Å². The van der Waals surface area contributed by atoms with Crippen LogP contribution in [0, 0.1) is 0 Å². The number of thiazole rings is 1. The van der Waals surface area contributed by atoms with Crippen molar-refractivity contribution in [3.05, 3.63) is 36.9 Å². The largest absolute Gasteiger partial charge is 0.252 e. The van der Waals surface area contributed by atoms with Crippen molar-refractivity contribution in [1.29, 1.82) is 0 Å². The summed E-state index contributed by atoms with van der Waals surface area (Å²) in [6.07, 6.45) is 3.29. The van der Waals surface area contributed by atoms with E-state index in [4.69, 9.17) is 0 Å². The first kappa shape index (κ1) is 10.7. The van der Waals surface area contributed by atoms with Gasteiger partial charge in [0.25, 0.3) is 0 Å². The van der Waals surface area contributed by atoms with Gasteiger partial charge in [-0.05, 0) is 12.1 Å². The van der Waals surface area contributed by atoms with Gasteiger partial charge in [-0.15, -0.1) is 11.3 Å². The Hall–Kier alpha value is -1.40. The third-order valence-electron chi connectivity index (χ3n) is 2.29. The van der Waals surface area contributed by atoms with Gasteiger partial charge in [-0.3, -0.25) is 4.68 Å². The molecule has 1 aromatic carbocycles. The molecule has 0 aliphatic carbocycles. The maximum Gasteiger partial charge on any atom is 0.151 e. The molecule has 0 fully saturated rings. The van der Waals surface area contributed by atoms with E-state index in [0.717, 1.165) is 22.2 Å². The molecule has 3 rings (SSSR count). The fourth-order valence-corrected chi connectivity index (χ4v) is 3.56. The van der Waals surface area contributed by atoms with E-state index in [0.29, 0.717) is 0 Å². The van der Waals surface area contributed by atoms with Gasteiger partial charge in [-0.1, -0.05) is 23.9 Å². The zero-order chi connectivity index (χ0) is 11.5. The van der Waals surface area contributed by atoms with Crippen molar-refractivity contribution in [2.45, 2.75) is 10.9 Å². The number of thioether (sulfide) groups is 1. The van der Waals surface area contributed by atoms with Crippen LogP contribution in [0.2, 0.25) is 0 Å². The minimum absolute atomic E-state index is 0.862. The molecular weight excluding hydrogens is 252 g/mol. The Bertz CT molecular complexity index is 570. The lowest BCUT2D eigenvalue weighted by atomic mass is 10.3. The van der Waals surface area contributed by atoms with Crippen LogP contribution in [-0.2, 0) is 6.54 Å².